The highest BCUT2D eigenvalue weighted by Crippen LogP contribution is 2.42. The molecule has 3 aliphatic heterocycles. The molecule has 6 heterocycles. The third-order valence-corrected chi connectivity index (χ3v) is 12.3. The highest BCUT2D eigenvalue weighted by atomic mass is 16.5. The second-order valence-corrected chi connectivity index (χ2v) is 16.3. The Morgan fingerprint density at radius 3 is 1.72 bits per heavy atom. The summed E-state index contributed by atoms with van der Waals surface area (Å²) in [5.41, 5.74) is 16.9. The normalized spacial score (nSPS) is 11.7. The number of hydrogen-bond acceptors (Lipinski definition) is 3. The molecule has 0 fully saturated rings. The zero-order valence-corrected chi connectivity index (χ0v) is 35.3. The number of para-hydroxylation sites is 1. The van der Waals surface area contributed by atoms with Gasteiger partial charge in [-0.05, 0) is 90.2 Å². The summed E-state index contributed by atoms with van der Waals surface area (Å²) in [6.45, 7) is 8.70. The zero-order chi connectivity index (χ0) is 42.8. The number of aromatic nitrogens is 5. The number of nitrogens with zero attached hydrogens (tertiary/aromatic N) is 4. The molecule has 5 aromatic carbocycles. The second-order valence-electron chi connectivity index (χ2n) is 16.3. The van der Waals surface area contributed by atoms with Gasteiger partial charge in [0.05, 0.1) is 41.5 Å². The Kier molecular flexibility index (Phi) is 10.2. The van der Waals surface area contributed by atoms with Crippen LogP contribution >= 0.6 is 0 Å². The Balaban J connectivity index is 1.13. The highest BCUT2D eigenvalue weighted by molar-refractivity contribution is 6.14. The van der Waals surface area contributed by atoms with Gasteiger partial charge in [0.1, 0.15) is 5.75 Å². The Morgan fingerprint density at radius 2 is 1.08 bits per heavy atom. The molecule has 3 aromatic heterocycles. The van der Waals surface area contributed by atoms with Crippen LogP contribution in [0.1, 0.15) is 37.1 Å². The van der Waals surface area contributed by atoms with Gasteiger partial charge >= 0.3 is 0 Å². The minimum Gasteiger partial charge on any atom is -0.494 e. The van der Waals surface area contributed by atoms with E-state index in [1.54, 1.807) is 12.1 Å². The van der Waals surface area contributed by atoms with Gasteiger partial charge in [0.15, 0.2) is 5.69 Å². The molecule has 64 heavy (non-hydrogen) atoms. The summed E-state index contributed by atoms with van der Waals surface area (Å²) in [5.74, 6) is 0.807. The largest absolute Gasteiger partial charge is 0.494 e. The number of hydrogen-bond donors (Lipinski definition) is 2. The van der Waals surface area contributed by atoms with Gasteiger partial charge in [-0.25, -0.2) is 14.8 Å². The van der Waals surface area contributed by atoms with E-state index < -0.39 is 0 Å². The zero-order valence-electron chi connectivity index (χ0n) is 35.3. The summed E-state index contributed by atoms with van der Waals surface area (Å²) in [5, 5.41) is 2.23. The van der Waals surface area contributed by atoms with E-state index in [0.717, 1.165) is 132 Å². The van der Waals surface area contributed by atoms with Crippen molar-refractivity contribution >= 4 is 61.7 Å². The van der Waals surface area contributed by atoms with Crippen LogP contribution in [0.2, 0.25) is 0 Å². The van der Waals surface area contributed by atoms with Crippen LogP contribution in [0.3, 0.4) is 0 Å². The predicted octanol–water partition coefficient (Wildman–Crippen LogP) is 15.0. The molecule has 0 unspecified atom stereocenters. The van der Waals surface area contributed by atoms with Gasteiger partial charge < -0.3 is 19.3 Å². The van der Waals surface area contributed by atoms with Crippen molar-refractivity contribution < 1.29 is 4.74 Å². The molecule has 8 aromatic rings. The fourth-order valence-corrected chi connectivity index (χ4v) is 9.30. The standard InChI is InChI=1S/C57H44N6O/c1-58-41-25-27-42(28-26-41)64-36-16-3-2-15-35-63-51-24-14-13-23-43(51)56-49-34-33-47(61-49)54(39-19-9-5-10-20-39)45-30-29-44(59-45)53(38-17-7-4-8-18-38)46-31-32-48(60-46)55(40-21-11-6-12-22-40)50-37-52(63)57(56)62-50/h4-14,17-34,37,60-61H,2-3,15-16,35-36H2. The lowest BCUT2D eigenvalue weighted by molar-refractivity contribution is 0.304. The molecule has 0 saturated carbocycles. The Bertz CT molecular complexity index is 3460. The van der Waals surface area contributed by atoms with Gasteiger partial charge in [0.25, 0.3) is 0 Å². The molecule has 11 rings (SSSR count). The topological polar surface area (TPSA) is 75.9 Å². The number of aryl methyl sites for hydroxylation is 1. The van der Waals surface area contributed by atoms with E-state index >= 15 is 0 Å². The monoisotopic (exact) mass is 828 g/mol. The van der Waals surface area contributed by atoms with E-state index in [0.29, 0.717) is 12.3 Å². The van der Waals surface area contributed by atoms with Crippen LogP contribution in [0.15, 0.2) is 170 Å². The van der Waals surface area contributed by atoms with Gasteiger partial charge in [-0.2, -0.15) is 0 Å². The van der Waals surface area contributed by atoms with Crippen molar-refractivity contribution in [1.29, 1.82) is 0 Å². The van der Waals surface area contributed by atoms with Crippen LogP contribution in [-0.2, 0) is 6.54 Å². The van der Waals surface area contributed by atoms with Crippen LogP contribution in [-0.4, -0.2) is 31.1 Å². The highest BCUT2D eigenvalue weighted by Gasteiger charge is 2.22. The lowest BCUT2D eigenvalue weighted by atomic mass is 10.0. The first-order valence-electron chi connectivity index (χ1n) is 22.0. The number of aromatic amines is 2. The first-order valence-corrected chi connectivity index (χ1v) is 22.0. The summed E-state index contributed by atoms with van der Waals surface area (Å²) in [6, 6.07) is 59.0. The minimum absolute atomic E-state index is 0.623. The first-order chi connectivity index (χ1) is 31.7. The van der Waals surface area contributed by atoms with E-state index in [2.05, 4.69) is 177 Å². The van der Waals surface area contributed by atoms with E-state index in [1.807, 2.05) is 12.1 Å². The Morgan fingerprint density at radius 1 is 0.531 bits per heavy atom. The van der Waals surface area contributed by atoms with Gasteiger partial charge in [-0.1, -0.05) is 134 Å². The maximum atomic E-state index is 7.21. The molecule has 0 spiro atoms. The number of H-pyrrole nitrogens is 2. The summed E-state index contributed by atoms with van der Waals surface area (Å²) in [7, 11) is 0. The maximum Gasteiger partial charge on any atom is 0.187 e. The van der Waals surface area contributed by atoms with Gasteiger partial charge in [0.2, 0.25) is 0 Å². The molecular formula is C57H44N6O. The van der Waals surface area contributed by atoms with Gasteiger partial charge in [0, 0.05) is 61.6 Å². The summed E-state index contributed by atoms with van der Waals surface area (Å²) in [6.07, 6.45) is 8.38. The van der Waals surface area contributed by atoms with Crippen LogP contribution < -0.4 is 4.74 Å². The molecule has 8 bridgehead atoms. The fourth-order valence-electron chi connectivity index (χ4n) is 9.30. The van der Waals surface area contributed by atoms with Crippen LogP contribution in [0.5, 0.6) is 5.75 Å². The molecule has 7 heteroatoms. The number of nitrogens with one attached hydrogen (secondary N) is 2. The molecule has 0 amide bonds. The van der Waals surface area contributed by atoms with Crippen LogP contribution in [0.25, 0.3) is 106 Å². The number of ether oxygens (including phenoxy) is 1. The Labute approximate surface area is 371 Å². The minimum atomic E-state index is 0.623. The van der Waals surface area contributed by atoms with E-state index in [1.165, 1.54) is 5.52 Å². The number of fused-ring (bicyclic) bond motifs is 10. The summed E-state index contributed by atoms with van der Waals surface area (Å²) >= 11 is 0. The number of unbranched alkanes of at least 4 members (excludes halogenated alkanes) is 3. The van der Waals surface area contributed by atoms with Crippen molar-refractivity contribution in [3.8, 4) is 50.5 Å². The van der Waals surface area contributed by atoms with Crippen molar-refractivity contribution in [2.24, 2.45) is 0 Å². The summed E-state index contributed by atoms with van der Waals surface area (Å²) < 4.78 is 8.49. The summed E-state index contributed by atoms with van der Waals surface area (Å²) in [4.78, 5) is 22.4. The van der Waals surface area contributed by atoms with E-state index in [-0.39, 0.29) is 0 Å². The predicted molar refractivity (Wildman–Crippen MR) is 264 cm³/mol. The average Bonchev–Trinajstić information content (AvgIpc) is 4.20. The number of benzene rings is 5. The quantitative estimate of drug-likeness (QED) is 0.101. The van der Waals surface area contributed by atoms with Crippen molar-refractivity contribution in [1.82, 2.24) is 24.5 Å². The van der Waals surface area contributed by atoms with E-state index in [4.69, 9.17) is 21.3 Å². The molecule has 2 N–H and O–H groups in total. The number of pyridine rings is 1. The maximum absolute atomic E-state index is 7.21. The first kappa shape index (κ1) is 38.7. The van der Waals surface area contributed by atoms with Crippen molar-refractivity contribution in [2.45, 2.75) is 32.2 Å². The molecule has 0 aliphatic carbocycles. The van der Waals surface area contributed by atoms with Gasteiger partial charge in [-0.15, -0.1) is 0 Å². The lowest BCUT2D eigenvalue weighted by Gasteiger charge is -2.18. The number of rotatable bonds is 11. The third-order valence-electron chi connectivity index (χ3n) is 12.3. The Hall–Kier alpha value is -8.21. The molecule has 0 atom stereocenters. The third kappa shape index (κ3) is 7.25. The SMILES string of the molecule is [C-]#[N+]c1ccc(OCCCCCCn2c3cc4nc-3c(c3ccc([nH]3)c(-c3ccccc3)c3nc(c(-c5ccccc5)c5ccc([nH]5)c4-c4ccccc4)C=C3)c3ccccc32)cc1. The van der Waals surface area contributed by atoms with Crippen molar-refractivity contribution in [2.75, 3.05) is 6.61 Å². The van der Waals surface area contributed by atoms with Crippen LogP contribution in [0.4, 0.5) is 5.69 Å². The molecule has 0 radical (unpaired) electrons. The van der Waals surface area contributed by atoms with Crippen LogP contribution in [0, 0.1) is 6.57 Å². The molecular weight excluding hydrogens is 785 g/mol. The van der Waals surface area contributed by atoms with Gasteiger partial charge in [-0.3, -0.25) is 0 Å². The fraction of sp³-hybridized carbons (Fsp3) is 0.105. The molecule has 3 aliphatic rings. The average molecular weight is 829 g/mol. The lowest BCUT2D eigenvalue weighted by Crippen LogP contribution is -2.06. The second kappa shape index (κ2) is 16.9. The molecule has 0 saturated heterocycles. The van der Waals surface area contributed by atoms with Crippen molar-refractivity contribution in [3.05, 3.63) is 193 Å². The van der Waals surface area contributed by atoms with Crippen molar-refractivity contribution in [3.63, 3.8) is 0 Å². The van der Waals surface area contributed by atoms with E-state index in [9.17, 15) is 0 Å². The molecule has 7 nitrogen and oxygen atoms in total. The molecule has 308 valence electrons. The smallest absolute Gasteiger partial charge is 0.187 e.